The maximum Gasteiger partial charge on any atom is 0.264 e. The van der Waals surface area contributed by atoms with Crippen molar-refractivity contribution in [3.05, 3.63) is 95.6 Å². The van der Waals surface area contributed by atoms with Gasteiger partial charge < -0.3 is 10.1 Å². The van der Waals surface area contributed by atoms with Gasteiger partial charge in [0.2, 0.25) is 0 Å². The van der Waals surface area contributed by atoms with Crippen LogP contribution in [0.2, 0.25) is 0 Å². The number of benzene rings is 3. The van der Waals surface area contributed by atoms with Gasteiger partial charge in [-0.3, -0.25) is 9.10 Å². The van der Waals surface area contributed by atoms with Crippen molar-refractivity contribution >= 4 is 21.6 Å². The Balaban J connectivity index is 1.71. The van der Waals surface area contributed by atoms with Crippen molar-refractivity contribution in [2.75, 3.05) is 17.5 Å². The lowest BCUT2D eigenvalue weighted by Gasteiger charge is -2.23. The third-order valence-electron chi connectivity index (χ3n) is 5.06. The molecule has 1 N–H and O–H groups in total. The summed E-state index contributed by atoms with van der Waals surface area (Å²) >= 11 is 0. The molecule has 0 bridgehead atoms. The lowest BCUT2D eigenvalue weighted by Crippen LogP contribution is -2.30. The van der Waals surface area contributed by atoms with E-state index in [-0.39, 0.29) is 10.8 Å². The van der Waals surface area contributed by atoms with E-state index in [9.17, 15) is 13.2 Å². The number of anilines is 1. The van der Waals surface area contributed by atoms with E-state index in [0.29, 0.717) is 37.6 Å². The van der Waals surface area contributed by atoms with Gasteiger partial charge in [-0.15, -0.1) is 0 Å². The zero-order chi connectivity index (χ0) is 23.0. The highest BCUT2D eigenvalue weighted by Gasteiger charge is 2.23. The molecule has 0 radical (unpaired) electrons. The van der Waals surface area contributed by atoms with E-state index in [4.69, 9.17) is 4.74 Å². The van der Waals surface area contributed by atoms with Gasteiger partial charge in [-0.2, -0.15) is 0 Å². The minimum Gasteiger partial charge on any atom is -0.377 e. The van der Waals surface area contributed by atoms with E-state index >= 15 is 0 Å². The molecular formula is C25H28N2O4S. The predicted octanol–water partition coefficient (Wildman–Crippen LogP) is 4.37. The maximum absolute atomic E-state index is 13.1. The third kappa shape index (κ3) is 5.55. The maximum atomic E-state index is 13.1. The van der Waals surface area contributed by atoms with Gasteiger partial charge in [-0.25, -0.2) is 8.42 Å². The van der Waals surface area contributed by atoms with Gasteiger partial charge >= 0.3 is 0 Å². The molecule has 0 saturated heterocycles. The lowest BCUT2D eigenvalue weighted by molar-refractivity contribution is 0.0949. The fourth-order valence-electron chi connectivity index (χ4n) is 3.35. The summed E-state index contributed by atoms with van der Waals surface area (Å²) in [5.74, 6) is -0.268. The molecule has 3 aromatic carbocycles. The smallest absolute Gasteiger partial charge is 0.264 e. The molecule has 0 aliphatic heterocycles. The SMILES string of the molecule is CCOCc1ccccc1CNC(=O)c1ccc(S(=O)(=O)N(CC)c2ccccc2)cc1. The second-order valence-electron chi connectivity index (χ2n) is 7.12. The average molecular weight is 453 g/mol. The Hall–Kier alpha value is -3.16. The molecule has 3 aromatic rings. The summed E-state index contributed by atoms with van der Waals surface area (Å²) < 4.78 is 33.0. The van der Waals surface area contributed by atoms with Gasteiger partial charge in [-0.05, 0) is 61.4 Å². The average Bonchev–Trinajstić information content (AvgIpc) is 2.82. The van der Waals surface area contributed by atoms with Gasteiger partial charge in [0.05, 0.1) is 17.2 Å². The Labute approximate surface area is 189 Å². The van der Waals surface area contributed by atoms with E-state index in [1.165, 1.54) is 28.6 Å². The van der Waals surface area contributed by atoms with Crippen molar-refractivity contribution in [3.63, 3.8) is 0 Å². The molecule has 0 spiro atoms. The van der Waals surface area contributed by atoms with Crippen LogP contribution in [0.3, 0.4) is 0 Å². The topological polar surface area (TPSA) is 75.7 Å². The Bertz CT molecular complexity index is 1130. The highest BCUT2D eigenvalue weighted by atomic mass is 32.2. The summed E-state index contributed by atoms with van der Waals surface area (Å²) in [6.45, 7) is 5.50. The molecule has 3 rings (SSSR count). The minimum absolute atomic E-state index is 0.141. The Kier molecular flexibility index (Phi) is 8.03. The highest BCUT2D eigenvalue weighted by molar-refractivity contribution is 7.92. The molecule has 0 unspecified atom stereocenters. The second-order valence-corrected chi connectivity index (χ2v) is 8.98. The van der Waals surface area contributed by atoms with Gasteiger partial charge in [-0.1, -0.05) is 42.5 Å². The number of para-hydroxylation sites is 1. The normalized spacial score (nSPS) is 11.2. The molecule has 0 heterocycles. The number of amides is 1. The molecule has 6 nitrogen and oxygen atoms in total. The first-order valence-corrected chi connectivity index (χ1v) is 12.0. The van der Waals surface area contributed by atoms with E-state index in [0.717, 1.165) is 11.1 Å². The summed E-state index contributed by atoms with van der Waals surface area (Å²) in [6, 6.07) is 22.7. The number of nitrogens with one attached hydrogen (secondary N) is 1. The van der Waals surface area contributed by atoms with Crippen molar-refractivity contribution in [2.24, 2.45) is 0 Å². The summed E-state index contributed by atoms with van der Waals surface area (Å²) in [5, 5.41) is 2.90. The number of sulfonamides is 1. The predicted molar refractivity (Wildman–Crippen MR) is 126 cm³/mol. The van der Waals surface area contributed by atoms with Crippen molar-refractivity contribution in [1.82, 2.24) is 5.32 Å². The quantitative estimate of drug-likeness (QED) is 0.496. The molecule has 1 amide bonds. The largest absolute Gasteiger partial charge is 0.377 e. The van der Waals surface area contributed by atoms with Crippen molar-refractivity contribution in [3.8, 4) is 0 Å². The van der Waals surface area contributed by atoms with Gasteiger partial charge in [0.25, 0.3) is 15.9 Å². The summed E-state index contributed by atoms with van der Waals surface area (Å²) in [7, 11) is -3.73. The van der Waals surface area contributed by atoms with Crippen molar-refractivity contribution in [2.45, 2.75) is 31.9 Å². The molecule has 0 atom stereocenters. The fraction of sp³-hybridized carbons (Fsp3) is 0.240. The number of ether oxygens (including phenoxy) is 1. The van der Waals surface area contributed by atoms with Crippen molar-refractivity contribution < 1.29 is 17.9 Å². The Morgan fingerprint density at radius 3 is 2.12 bits per heavy atom. The zero-order valence-electron chi connectivity index (χ0n) is 18.3. The van der Waals surface area contributed by atoms with E-state index in [2.05, 4.69) is 5.32 Å². The zero-order valence-corrected chi connectivity index (χ0v) is 19.1. The number of rotatable bonds is 10. The molecular weight excluding hydrogens is 424 g/mol. The van der Waals surface area contributed by atoms with Crippen LogP contribution in [-0.2, 0) is 27.9 Å². The van der Waals surface area contributed by atoms with E-state index < -0.39 is 10.0 Å². The molecule has 0 fully saturated rings. The van der Waals surface area contributed by atoms with Crippen LogP contribution in [0, 0.1) is 0 Å². The van der Waals surface area contributed by atoms with E-state index in [1.54, 1.807) is 31.2 Å². The van der Waals surface area contributed by atoms with Crippen LogP contribution in [0.4, 0.5) is 5.69 Å². The van der Waals surface area contributed by atoms with Gasteiger partial charge in [0, 0.05) is 25.3 Å². The van der Waals surface area contributed by atoms with Crippen molar-refractivity contribution in [1.29, 1.82) is 0 Å². The fourth-order valence-corrected chi connectivity index (χ4v) is 4.83. The standard InChI is InChI=1S/C25H28N2O4S/c1-3-27(23-12-6-5-7-13-23)32(29,30)24-16-14-20(15-17-24)25(28)26-18-21-10-8-9-11-22(21)19-31-4-2/h5-17H,3-4,18-19H2,1-2H3,(H,26,28). The molecule has 0 aliphatic carbocycles. The molecule has 0 saturated carbocycles. The summed E-state index contributed by atoms with van der Waals surface area (Å²) in [6.07, 6.45) is 0. The van der Waals surface area contributed by atoms with Crippen LogP contribution in [0.15, 0.2) is 83.8 Å². The van der Waals surface area contributed by atoms with Crippen LogP contribution >= 0.6 is 0 Å². The monoisotopic (exact) mass is 452 g/mol. The van der Waals surface area contributed by atoms with Crippen LogP contribution in [0.25, 0.3) is 0 Å². The minimum atomic E-state index is -3.73. The van der Waals surface area contributed by atoms with Crippen LogP contribution < -0.4 is 9.62 Å². The van der Waals surface area contributed by atoms with Gasteiger partial charge in [0.1, 0.15) is 0 Å². The number of nitrogens with zero attached hydrogens (tertiary/aromatic N) is 1. The molecule has 0 aliphatic rings. The molecule has 7 heteroatoms. The third-order valence-corrected chi connectivity index (χ3v) is 6.97. The first-order chi connectivity index (χ1) is 15.5. The second kappa shape index (κ2) is 10.9. The Morgan fingerprint density at radius 1 is 0.875 bits per heavy atom. The number of carbonyl (C=O) groups is 1. The first-order valence-electron chi connectivity index (χ1n) is 10.6. The Morgan fingerprint density at radius 2 is 1.50 bits per heavy atom. The lowest BCUT2D eigenvalue weighted by atomic mass is 10.1. The number of hydrogen-bond donors (Lipinski definition) is 1. The van der Waals surface area contributed by atoms with Crippen LogP contribution in [0.1, 0.15) is 35.3 Å². The van der Waals surface area contributed by atoms with E-state index in [1.807, 2.05) is 37.3 Å². The number of hydrogen-bond acceptors (Lipinski definition) is 4. The highest BCUT2D eigenvalue weighted by Crippen LogP contribution is 2.23. The molecule has 168 valence electrons. The summed E-state index contributed by atoms with van der Waals surface area (Å²) in [4.78, 5) is 12.8. The van der Waals surface area contributed by atoms with Gasteiger partial charge in [0.15, 0.2) is 0 Å². The number of carbonyl (C=O) groups excluding carboxylic acids is 1. The first kappa shape index (κ1) is 23.5. The van der Waals surface area contributed by atoms with Crippen LogP contribution in [-0.4, -0.2) is 27.5 Å². The molecule has 0 aromatic heterocycles. The molecule has 32 heavy (non-hydrogen) atoms. The summed E-state index contributed by atoms with van der Waals surface area (Å²) in [5.41, 5.74) is 3.00. The van der Waals surface area contributed by atoms with Crippen LogP contribution in [0.5, 0.6) is 0 Å².